The predicted molar refractivity (Wildman–Crippen MR) is 145 cm³/mol. The van der Waals surface area contributed by atoms with E-state index in [1.165, 1.54) is 49.8 Å². The second-order valence-corrected chi connectivity index (χ2v) is 10.2. The van der Waals surface area contributed by atoms with Crippen molar-refractivity contribution in [2.24, 2.45) is 0 Å². The van der Waals surface area contributed by atoms with Gasteiger partial charge in [0.15, 0.2) is 0 Å². The van der Waals surface area contributed by atoms with Crippen LogP contribution < -0.4 is 0 Å². The van der Waals surface area contributed by atoms with Gasteiger partial charge in [-0.2, -0.15) is 0 Å². The van der Waals surface area contributed by atoms with Crippen LogP contribution in [0.3, 0.4) is 0 Å². The third kappa shape index (κ3) is 27.4. The number of carbonyl (C=O) groups is 2. The maximum atomic E-state index is 11.8. The van der Waals surface area contributed by atoms with Crippen LogP contribution in [0.4, 0.5) is 4.79 Å². The summed E-state index contributed by atoms with van der Waals surface area (Å²) in [6, 6.07) is 0. The van der Waals surface area contributed by atoms with E-state index in [4.69, 9.17) is 28.4 Å². The molecule has 0 bridgehead atoms. The fourth-order valence-electron chi connectivity index (χ4n) is 3.26. The molecule has 0 heterocycles. The molecule has 0 aromatic carbocycles. The molecule has 0 rings (SSSR count). The first-order valence-electron chi connectivity index (χ1n) is 14.2. The van der Waals surface area contributed by atoms with E-state index >= 15 is 0 Å². The quantitative estimate of drug-likeness (QED) is 0.114. The number of hydrogen-bond donors (Lipinski definition) is 0. The van der Waals surface area contributed by atoms with E-state index in [-0.39, 0.29) is 18.7 Å². The fraction of sp³-hybridized carbons (Fsp3) is 0.929. The summed E-state index contributed by atoms with van der Waals surface area (Å²) in [4.78, 5) is 25.0. The van der Waals surface area contributed by atoms with Crippen molar-refractivity contribution in [3.05, 3.63) is 0 Å². The zero-order chi connectivity index (χ0) is 27.6. The van der Waals surface area contributed by atoms with Gasteiger partial charge >= 0.3 is 12.1 Å². The Labute approximate surface area is 225 Å². The van der Waals surface area contributed by atoms with E-state index in [9.17, 15) is 9.59 Å². The molecule has 0 atom stereocenters. The van der Waals surface area contributed by atoms with Crippen molar-refractivity contribution in [3.8, 4) is 0 Å². The molecule has 0 aliphatic carbocycles. The number of hydrogen-bond acceptors (Lipinski definition) is 8. The van der Waals surface area contributed by atoms with E-state index in [1.807, 2.05) is 20.8 Å². The van der Waals surface area contributed by atoms with Crippen molar-refractivity contribution in [3.63, 3.8) is 0 Å². The maximum absolute atomic E-state index is 11.8. The number of carbonyl (C=O) groups excluding carboxylic acids is 2. The van der Waals surface area contributed by atoms with Crippen molar-refractivity contribution in [1.29, 1.82) is 0 Å². The summed E-state index contributed by atoms with van der Waals surface area (Å²) in [5.74, 6) is -0.140. The Bertz CT molecular complexity index is 539. The highest BCUT2D eigenvalue weighted by atomic mass is 16.6. The maximum Gasteiger partial charge on any atom is 0.410 e. The Morgan fingerprint density at radius 1 is 0.622 bits per heavy atom. The average Bonchev–Trinajstić information content (AvgIpc) is 2.84. The number of rotatable bonds is 25. The number of esters is 1. The Morgan fingerprint density at radius 2 is 1.05 bits per heavy atom. The van der Waals surface area contributed by atoms with Crippen LogP contribution in [0.15, 0.2) is 0 Å². The lowest BCUT2D eigenvalue weighted by Gasteiger charge is -2.24. The molecule has 1 amide bonds. The second kappa shape index (κ2) is 24.9. The van der Waals surface area contributed by atoms with Crippen LogP contribution in [0.5, 0.6) is 0 Å². The van der Waals surface area contributed by atoms with Crippen LogP contribution in [0.2, 0.25) is 0 Å². The predicted octanol–water partition coefficient (Wildman–Crippen LogP) is 5.38. The summed E-state index contributed by atoms with van der Waals surface area (Å²) in [5, 5.41) is 0. The summed E-state index contributed by atoms with van der Waals surface area (Å²) in [6.45, 7) is 12.0. The van der Waals surface area contributed by atoms with Crippen molar-refractivity contribution in [1.82, 2.24) is 4.90 Å². The van der Waals surface area contributed by atoms with Gasteiger partial charge in [-0.15, -0.1) is 0 Å². The van der Waals surface area contributed by atoms with Gasteiger partial charge in [0, 0.05) is 20.0 Å². The number of likely N-dealkylation sites (N-methyl/N-ethyl adjacent to an activating group) is 1. The molecule has 0 saturated heterocycles. The van der Waals surface area contributed by atoms with Gasteiger partial charge in [0.1, 0.15) is 12.2 Å². The first-order chi connectivity index (χ1) is 17.8. The molecule has 0 aliphatic rings. The van der Waals surface area contributed by atoms with Crippen LogP contribution in [0.25, 0.3) is 0 Å². The van der Waals surface area contributed by atoms with Crippen molar-refractivity contribution in [2.75, 3.05) is 73.1 Å². The summed E-state index contributed by atoms with van der Waals surface area (Å²) in [6.07, 6.45) is 11.2. The summed E-state index contributed by atoms with van der Waals surface area (Å²) in [5.41, 5.74) is -0.505. The topological polar surface area (TPSA) is 92.8 Å². The lowest BCUT2D eigenvalue weighted by molar-refractivity contribution is -0.145. The smallest absolute Gasteiger partial charge is 0.410 e. The summed E-state index contributed by atoms with van der Waals surface area (Å²) >= 11 is 0. The second-order valence-electron chi connectivity index (χ2n) is 10.2. The van der Waals surface area contributed by atoms with Gasteiger partial charge in [0.25, 0.3) is 0 Å². The number of nitrogens with zero attached hydrogens (tertiary/aromatic N) is 1. The molecule has 0 aliphatic heterocycles. The first-order valence-corrected chi connectivity index (χ1v) is 14.2. The highest BCUT2D eigenvalue weighted by molar-refractivity contribution is 5.69. The van der Waals surface area contributed by atoms with Crippen molar-refractivity contribution in [2.45, 2.75) is 97.5 Å². The Hall–Kier alpha value is -1.42. The van der Waals surface area contributed by atoms with Gasteiger partial charge in [-0.05, 0) is 27.2 Å². The third-order valence-electron chi connectivity index (χ3n) is 5.37. The highest BCUT2D eigenvalue weighted by Crippen LogP contribution is 2.11. The zero-order valence-electron chi connectivity index (χ0n) is 24.4. The fourth-order valence-corrected chi connectivity index (χ4v) is 3.26. The lowest BCUT2D eigenvalue weighted by atomic mass is 10.1. The van der Waals surface area contributed by atoms with Gasteiger partial charge in [0.05, 0.1) is 52.9 Å². The molecule has 0 aromatic rings. The molecule has 37 heavy (non-hydrogen) atoms. The summed E-state index contributed by atoms with van der Waals surface area (Å²) in [7, 11) is 1.68. The van der Waals surface area contributed by atoms with E-state index < -0.39 is 5.60 Å². The molecule has 9 heteroatoms. The largest absolute Gasteiger partial charge is 0.463 e. The van der Waals surface area contributed by atoms with Crippen LogP contribution >= 0.6 is 0 Å². The van der Waals surface area contributed by atoms with Gasteiger partial charge in [-0.25, -0.2) is 4.79 Å². The minimum absolute atomic E-state index is 0.140. The van der Waals surface area contributed by atoms with Gasteiger partial charge in [-0.3, -0.25) is 4.79 Å². The molecule has 0 radical (unpaired) electrons. The monoisotopic (exact) mass is 533 g/mol. The van der Waals surface area contributed by atoms with E-state index in [1.54, 1.807) is 7.05 Å². The van der Waals surface area contributed by atoms with Gasteiger partial charge in [0.2, 0.25) is 0 Å². The molecule has 0 spiro atoms. The zero-order valence-corrected chi connectivity index (χ0v) is 24.4. The Balaban J connectivity index is 3.29. The van der Waals surface area contributed by atoms with E-state index in [0.717, 1.165) is 12.8 Å². The summed E-state index contributed by atoms with van der Waals surface area (Å²) < 4.78 is 32.2. The third-order valence-corrected chi connectivity index (χ3v) is 5.37. The van der Waals surface area contributed by atoms with Gasteiger partial charge in [-0.1, -0.05) is 58.3 Å². The highest BCUT2D eigenvalue weighted by Gasteiger charge is 2.19. The molecular weight excluding hydrogens is 478 g/mol. The molecule has 220 valence electrons. The van der Waals surface area contributed by atoms with Gasteiger partial charge < -0.3 is 33.3 Å². The Morgan fingerprint density at radius 3 is 1.54 bits per heavy atom. The molecule has 9 nitrogen and oxygen atoms in total. The SMILES string of the molecule is CCCCCCCCCCCC(=O)OCCOCCOCCOCCOCCN(C)C(=O)OC(C)(C)C. The first kappa shape index (κ1) is 35.6. The minimum Gasteiger partial charge on any atom is -0.463 e. The van der Waals surface area contributed by atoms with Crippen LogP contribution in [0, 0.1) is 0 Å². The standard InChI is InChI=1S/C28H55NO8/c1-6-7-8-9-10-11-12-13-14-15-26(30)36-25-24-35-23-22-34-21-20-33-19-18-32-17-16-29(5)27(31)37-28(2,3)4/h6-25H2,1-5H3. The molecule has 0 aromatic heterocycles. The number of ether oxygens (including phenoxy) is 6. The van der Waals surface area contributed by atoms with E-state index in [0.29, 0.717) is 65.8 Å². The lowest BCUT2D eigenvalue weighted by Crippen LogP contribution is -2.36. The molecule has 0 saturated carbocycles. The van der Waals surface area contributed by atoms with Crippen LogP contribution in [-0.4, -0.2) is 95.6 Å². The van der Waals surface area contributed by atoms with Crippen molar-refractivity contribution < 1.29 is 38.0 Å². The molecule has 0 fully saturated rings. The van der Waals surface area contributed by atoms with Crippen molar-refractivity contribution >= 4 is 12.1 Å². The van der Waals surface area contributed by atoms with Crippen LogP contribution in [0.1, 0.15) is 91.9 Å². The normalized spacial score (nSPS) is 11.5. The van der Waals surface area contributed by atoms with E-state index in [2.05, 4.69) is 6.92 Å². The molecular formula is C28H55NO8. The molecule has 0 unspecified atom stereocenters. The molecule has 0 N–H and O–H groups in total. The number of amides is 1. The number of unbranched alkanes of at least 4 members (excludes halogenated alkanes) is 8. The minimum atomic E-state index is -0.505. The van der Waals surface area contributed by atoms with Crippen LogP contribution in [-0.2, 0) is 33.2 Å². The average molecular weight is 534 g/mol. The Kier molecular flexibility index (Phi) is 23.9.